The van der Waals surface area contributed by atoms with Gasteiger partial charge in [-0.2, -0.15) is 0 Å². The molecule has 0 radical (unpaired) electrons. The van der Waals surface area contributed by atoms with Crippen LogP contribution < -0.4 is 10.6 Å². The molecule has 0 aliphatic carbocycles. The van der Waals surface area contributed by atoms with Crippen molar-refractivity contribution in [2.45, 2.75) is 19.4 Å². The second-order valence-electron chi connectivity index (χ2n) is 5.79. The van der Waals surface area contributed by atoms with Crippen LogP contribution in [0.25, 0.3) is 0 Å². The first-order chi connectivity index (χ1) is 11.1. The maximum absolute atomic E-state index is 9.26. The van der Waals surface area contributed by atoms with E-state index in [4.69, 9.17) is 27.9 Å². The van der Waals surface area contributed by atoms with Gasteiger partial charge in [0.05, 0.1) is 6.61 Å². The molecule has 1 atom stereocenters. The van der Waals surface area contributed by atoms with Crippen molar-refractivity contribution >= 4 is 53.1 Å². The van der Waals surface area contributed by atoms with E-state index in [2.05, 4.69) is 15.6 Å². The molecule has 8 heteroatoms. The quantitative estimate of drug-likeness (QED) is 0.328. The highest BCUT2D eigenvalue weighted by molar-refractivity contribution is 14.0. The molecule has 1 aliphatic heterocycles. The number of aliphatic hydroxyl groups is 1. The SMILES string of the molecule is CN=C(NCc1ccc(Cl)cc1Cl)NCC1(CCO)CCOC1.I. The topological polar surface area (TPSA) is 65.9 Å². The van der Waals surface area contributed by atoms with Gasteiger partial charge in [0.2, 0.25) is 0 Å². The third kappa shape index (κ3) is 6.22. The molecule has 2 rings (SSSR count). The molecule has 0 spiro atoms. The molecule has 5 nitrogen and oxygen atoms in total. The van der Waals surface area contributed by atoms with Gasteiger partial charge in [0, 0.05) is 48.8 Å². The van der Waals surface area contributed by atoms with E-state index >= 15 is 0 Å². The van der Waals surface area contributed by atoms with Gasteiger partial charge in [0.25, 0.3) is 0 Å². The Morgan fingerprint density at radius 2 is 2.17 bits per heavy atom. The van der Waals surface area contributed by atoms with Crippen molar-refractivity contribution < 1.29 is 9.84 Å². The van der Waals surface area contributed by atoms with E-state index in [0.29, 0.717) is 35.7 Å². The van der Waals surface area contributed by atoms with E-state index in [9.17, 15) is 5.11 Å². The molecular formula is C16H24Cl2IN3O2. The summed E-state index contributed by atoms with van der Waals surface area (Å²) in [6.07, 6.45) is 1.67. The Kier molecular flexibility index (Phi) is 9.66. The second kappa shape index (κ2) is 10.7. The monoisotopic (exact) mass is 487 g/mol. The van der Waals surface area contributed by atoms with E-state index in [-0.39, 0.29) is 36.0 Å². The molecule has 136 valence electrons. The Morgan fingerprint density at radius 3 is 2.75 bits per heavy atom. The second-order valence-corrected chi connectivity index (χ2v) is 6.63. The van der Waals surface area contributed by atoms with Gasteiger partial charge >= 0.3 is 0 Å². The fraction of sp³-hybridized carbons (Fsp3) is 0.562. The number of rotatable bonds is 6. The van der Waals surface area contributed by atoms with Gasteiger partial charge < -0.3 is 20.5 Å². The smallest absolute Gasteiger partial charge is 0.191 e. The maximum Gasteiger partial charge on any atom is 0.191 e. The average Bonchev–Trinajstić information content (AvgIpc) is 2.98. The fourth-order valence-corrected chi connectivity index (χ4v) is 3.12. The van der Waals surface area contributed by atoms with Crippen molar-refractivity contribution in [1.29, 1.82) is 0 Å². The first-order valence-corrected chi connectivity index (χ1v) is 8.41. The van der Waals surface area contributed by atoms with Crippen molar-refractivity contribution in [3.05, 3.63) is 33.8 Å². The lowest BCUT2D eigenvalue weighted by molar-refractivity contribution is 0.127. The zero-order valence-electron chi connectivity index (χ0n) is 13.6. The Bertz CT molecular complexity index is 552. The molecular weight excluding hydrogens is 464 g/mol. The van der Waals surface area contributed by atoms with E-state index < -0.39 is 0 Å². The number of nitrogens with zero attached hydrogens (tertiary/aromatic N) is 1. The van der Waals surface area contributed by atoms with Crippen LogP contribution in [0.3, 0.4) is 0 Å². The lowest BCUT2D eigenvalue weighted by Crippen LogP contribution is -2.44. The third-order valence-corrected chi connectivity index (χ3v) is 4.73. The summed E-state index contributed by atoms with van der Waals surface area (Å²) in [5.74, 6) is 0.695. The predicted octanol–water partition coefficient (Wildman–Crippen LogP) is 3.07. The molecule has 0 aromatic heterocycles. The molecule has 1 aromatic rings. The number of aliphatic hydroxyl groups excluding tert-OH is 1. The van der Waals surface area contributed by atoms with Crippen LogP contribution in [0.4, 0.5) is 0 Å². The van der Waals surface area contributed by atoms with Gasteiger partial charge in [-0.05, 0) is 30.5 Å². The van der Waals surface area contributed by atoms with Crippen LogP contribution in [0.15, 0.2) is 23.2 Å². The molecule has 1 unspecified atom stereocenters. The zero-order valence-corrected chi connectivity index (χ0v) is 17.5. The first kappa shape index (κ1) is 21.8. The lowest BCUT2D eigenvalue weighted by atomic mass is 9.84. The van der Waals surface area contributed by atoms with Gasteiger partial charge in [-0.1, -0.05) is 29.3 Å². The van der Waals surface area contributed by atoms with Crippen molar-refractivity contribution in [3.63, 3.8) is 0 Å². The molecule has 1 aromatic carbocycles. The molecule has 3 N–H and O–H groups in total. The van der Waals surface area contributed by atoms with Crippen molar-refractivity contribution in [3.8, 4) is 0 Å². The molecule has 24 heavy (non-hydrogen) atoms. The summed E-state index contributed by atoms with van der Waals surface area (Å²) < 4.78 is 5.49. The molecule has 1 heterocycles. The summed E-state index contributed by atoms with van der Waals surface area (Å²) in [6.45, 7) is 2.84. The number of aliphatic imine (C=N–C) groups is 1. The van der Waals surface area contributed by atoms with Gasteiger partial charge in [-0.25, -0.2) is 0 Å². The highest BCUT2D eigenvalue weighted by Crippen LogP contribution is 2.31. The van der Waals surface area contributed by atoms with Crippen LogP contribution >= 0.6 is 47.2 Å². The number of ether oxygens (including phenoxy) is 1. The standard InChI is InChI=1S/C16H23Cl2N3O2.HI/c1-19-15(20-9-12-2-3-13(17)8-14(12)18)21-10-16(4-6-22)5-7-23-11-16;/h2-3,8,22H,4-7,9-11H2,1H3,(H2,19,20,21);1H. The minimum absolute atomic E-state index is 0. The molecule has 0 saturated carbocycles. The van der Waals surface area contributed by atoms with Crippen LogP contribution in [0.2, 0.25) is 10.0 Å². The van der Waals surface area contributed by atoms with Gasteiger partial charge in [-0.15, -0.1) is 24.0 Å². The zero-order chi connectivity index (χ0) is 16.7. The number of halogens is 3. The summed E-state index contributed by atoms with van der Waals surface area (Å²) in [5.41, 5.74) is 0.929. The van der Waals surface area contributed by atoms with E-state index in [1.54, 1.807) is 13.1 Å². The highest BCUT2D eigenvalue weighted by Gasteiger charge is 2.34. The van der Waals surface area contributed by atoms with Crippen molar-refractivity contribution in [1.82, 2.24) is 10.6 Å². The Morgan fingerprint density at radius 1 is 1.38 bits per heavy atom. The van der Waals surface area contributed by atoms with E-state index in [0.717, 1.165) is 25.0 Å². The van der Waals surface area contributed by atoms with Crippen molar-refractivity contribution in [2.75, 3.05) is 33.4 Å². The van der Waals surface area contributed by atoms with E-state index in [1.165, 1.54) is 0 Å². The highest BCUT2D eigenvalue weighted by atomic mass is 127. The van der Waals surface area contributed by atoms with E-state index in [1.807, 2.05) is 12.1 Å². The number of hydrogen-bond acceptors (Lipinski definition) is 3. The minimum Gasteiger partial charge on any atom is -0.396 e. The average molecular weight is 488 g/mol. The number of nitrogens with one attached hydrogen (secondary N) is 2. The molecule has 0 bridgehead atoms. The first-order valence-electron chi connectivity index (χ1n) is 7.66. The Hall–Kier alpha value is -0.280. The predicted molar refractivity (Wildman–Crippen MR) is 110 cm³/mol. The number of hydrogen-bond donors (Lipinski definition) is 3. The minimum atomic E-state index is -0.0235. The summed E-state index contributed by atoms with van der Waals surface area (Å²) >= 11 is 12.1. The maximum atomic E-state index is 9.26. The van der Waals surface area contributed by atoms with Gasteiger partial charge in [-0.3, -0.25) is 4.99 Å². The molecule has 1 fully saturated rings. The summed E-state index contributed by atoms with van der Waals surface area (Å²) in [6, 6.07) is 5.43. The van der Waals surface area contributed by atoms with Crippen LogP contribution in [-0.4, -0.2) is 44.5 Å². The third-order valence-electron chi connectivity index (χ3n) is 4.14. The van der Waals surface area contributed by atoms with Crippen molar-refractivity contribution in [2.24, 2.45) is 10.4 Å². The summed E-state index contributed by atoms with van der Waals surface area (Å²) in [7, 11) is 1.72. The van der Waals surface area contributed by atoms with Gasteiger partial charge in [0.15, 0.2) is 5.96 Å². The molecule has 1 aliphatic rings. The molecule has 0 amide bonds. The number of guanidine groups is 1. The van der Waals surface area contributed by atoms with Gasteiger partial charge in [0.1, 0.15) is 0 Å². The summed E-state index contributed by atoms with van der Waals surface area (Å²) in [5, 5.41) is 17.1. The Balaban J connectivity index is 0.00000288. The van der Waals surface area contributed by atoms with Crippen LogP contribution in [0, 0.1) is 5.41 Å². The molecule has 1 saturated heterocycles. The Labute approximate surface area is 170 Å². The number of benzene rings is 1. The van der Waals surface area contributed by atoms with Crippen LogP contribution in [0.1, 0.15) is 18.4 Å². The fourth-order valence-electron chi connectivity index (χ4n) is 2.65. The van der Waals surface area contributed by atoms with Crippen LogP contribution in [0.5, 0.6) is 0 Å². The van der Waals surface area contributed by atoms with Crippen LogP contribution in [-0.2, 0) is 11.3 Å². The summed E-state index contributed by atoms with van der Waals surface area (Å²) in [4.78, 5) is 4.22. The normalized spacial score (nSPS) is 20.6. The lowest BCUT2D eigenvalue weighted by Gasteiger charge is -2.27. The largest absolute Gasteiger partial charge is 0.396 e.